The predicted molar refractivity (Wildman–Crippen MR) is 50.6 cm³/mol. The van der Waals surface area contributed by atoms with Gasteiger partial charge in [-0.25, -0.2) is 0 Å². The van der Waals surface area contributed by atoms with E-state index in [-0.39, 0.29) is 5.92 Å². The number of rotatable bonds is 0. The minimum absolute atomic E-state index is 0.0204. The third kappa shape index (κ3) is 1.50. The Morgan fingerprint density at radius 3 is 2.33 bits per heavy atom. The second kappa shape index (κ2) is 3.27. The molecular formula is C9H12O2S. The minimum atomic E-state index is -2.08. The molecule has 1 aliphatic rings. The van der Waals surface area contributed by atoms with Gasteiger partial charge in [0, 0.05) is 5.92 Å². The molecule has 0 heterocycles. The Balaban J connectivity index is 3.39. The van der Waals surface area contributed by atoms with Crippen molar-refractivity contribution in [2.75, 3.05) is 0 Å². The van der Waals surface area contributed by atoms with Crippen molar-refractivity contribution < 1.29 is 8.42 Å². The van der Waals surface area contributed by atoms with Crippen LogP contribution in [0.25, 0.3) is 0 Å². The molecule has 0 N–H and O–H groups in total. The fourth-order valence-electron chi connectivity index (χ4n) is 1.31. The summed E-state index contributed by atoms with van der Waals surface area (Å²) in [6, 6.07) is 0. The fourth-order valence-corrected chi connectivity index (χ4v) is 2.11. The highest BCUT2D eigenvalue weighted by Gasteiger charge is 2.16. The van der Waals surface area contributed by atoms with Crippen LogP contribution in [-0.4, -0.2) is 13.3 Å². The Morgan fingerprint density at radius 1 is 1.33 bits per heavy atom. The molecule has 2 nitrogen and oxygen atoms in total. The van der Waals surface area contributed by atoms with Gasteiger partial charge in [0.15, 0.2) is 0 Å². The summed E-state index contributed by atoms with van der Waals surface area (Å²) in [6.45, 7) is 5.66. The van der Waals surface area contributed by atoms with Gasteiger partial charge in [-0.2, -0.15) is 8.42 Å². The van der Waals surface area contributed by atoms with Gasteiger partial charge in [-0.05, 0) is 25.0 Å². The largest absolute Gasteiger partial charge is 0.218 e. The summed E-state index contributed by atoms with van der Waals surface area (Å²) in [6.07, 6.45) is 3.88. The molecule has 0 saturated carbocycles. The smallest absolute Gasteiger partial charge is 0.184 e. The molecule has 1 unspecified atom stereocenters. The van der Waals surface area contributed by atoms with Crippen LogP contribution in [0.4, 0.5) is 0 Å². The van der Waals surface area contributed by atoms with Crippen LogP contribution in [0.2, 0.25) is 0 Å². The van der Waals surface area contributed by atoms with Gasteiger partial charge in [-0.3, -0.25) is 0 Å². The van der Waals surface area contributed by atoms with Crippen LogP contribution in [0, 0.1) is 5.92 Å². The van der Waals surface area contributed by atoms with Crippen molar-refractivity contribution in [3.8, 4) is 0 Å². The Bertz CT molecular complexity index is 375. The van der Waals surface area contributed by atoms with Crippen LogP contribution in [-0.2, 0) is 10.3 Å². The molecule has 1 atom stereocenters. The van der Waals surface area contributed by atoms with Gasteiger partial charge in [0.1, 0.15) is 0 Å². The molecular weight excluding hydrogens is 172 g/mol. The van der Waals surface area contributed by atoms with Crippen molar-refractivity contribution in [2.24, 2.45) is 5.92 Å². The highest BCUT2D eigenvalue weighted by atomic mass is 32.2. The van der Waals surface area contributed by atoms with Crippen molar-refractivity contribution in [1.29, 1.82) is 0 Å². The van der Waals surface area contributed by atoms with Gasteiger partial charge >= 0.3 is 0 Å². The third-order valence-corrected chi connectivity index (χ3v) is 3.23. The molecule has 0 saturated heterocycles. The normalized spacial score (nSPS) is 23.2. The SMILES string of the molecule is CC1=C(C)C(=S(=O)=O)C(C)C=C1. The summed E-state index contributed by atoms with van der Waals surface area (Å²) in [5.74, 6) is 0.0204. The van der Waals surface area contributed by atoms with Gasteiger partial charge in [-0.1, -0.05) is 19.1 Å². The first-order chi connectivity index (χ1) is 5.54. The van der Waals surface area contributed by atoms with Gasteiger partial charge in [0.05, 0.1) is 4.86 Å². The van der Waals surface area contributed by atoms with Crippen molar-refractivity contribution in [3.05, 3.63) is 23.3 Å². The van der Waals surface area contributed by atoms with Crippen molar-refractivity contribution in [2.45, 2.75) is 20.8 Å². The predicted octanol–water partition coefficient (Wildman–Crippen LogP) is 1.58. The van der Waals surface area contributed by atoms with Crippen molar-refractivity contribution in [1.82, 2.24) is 0 Å². The molecule has 0 spiro atoms. The Hall–Kier alpha value is -0.830. The van der Waals surface area contributed by atoms with Crippen molar-refractivity contribution in [3.63, 3.8) is 0 Å². The number of hydrogen-bond acceptors (Lipinski definition) is 2. The maximum Gasteiger partial charge on any atom is 0.218 e. The standard InChI is InChI=1S/C9H12O2S/c1-6-4-5-7(2)9(8(6)3)12(10)11/h4-5,7H,1-3H3. The average Bonchev–Trinajstić information content (AvgIpc) is 1.97. The highest BCUT2D eigenvalue weighted by Crippen LogP contribution is 2.19. The summed E-state index contributed by atoms with van der Waals surface area (Å²) in [5, 5.41) is 0. The first-order valence-electron chi connectivity index (χ1n) is 3.86. The number of allylic oxidation sites excluding steroid dienone is 4. The molecule has 0 aliphatic heterocycles. The van der Waals surface area contributed by atoms with Gasteiger partial charge in [-0.15, -0.1) is 0 Å². The minimum Gasteiger partial charge on any atom is -0.184 e. The molecule has 0 aromatic carbocycles. The zero-order valence-corrected chi connectivity index (χ0v) is 8.27. The molecule has 0 bridgehead atoms. The van der Waals surface area contributed by atoms with E-state index in [4.69, 9.17) is 0 Å². The molecule has 0 fully saturated rings. The van der Waals surface area contributed by atoms with E-state index >= 15 is 0 Å². The van der Waals surface area contributed by atoms with E-state index in [1.54, 1.807) is 0 Å². The number of hydrogen-bond donors (Lipinski definition) is 0. The zero-order valence-electron chi connectivity index (χ0n) is 7.46. The molecule has 1 rings (SSSR count). The lowest BCUT2D eigenvalue weighted by molar-refractivity contribution is 0.626. The van der Waals surface area contributed by atoms with E-state index < -0.39 is 10.3 Å². The van der Waals surface area contributed by atoms with Crippen molar-refractivity contribution >= 4 is 15.2 Å². The molecule has 66 valence electrons. The van der Waals surface area contributed by atoms with Gasteiger partial charge in [0.25, 0.3) is 0 Å². The van der Waals surface area contributed by atoms with E-state index in [0.717, 1.165) is 11.1 Å². The molecule has 0 amide bonds. The second-order valence-corrected chi connectivity index (χ2v) is 3.96. The zero-order chi connectivity index (χ0) is 9.30. The lowest BCUT2D eigenvalue weighted by Crippen LogP contribution is -2.15. The van der Waals surface area contributed by atoms with Crippen LogP contribution >= 0.6 is 0 Å². The fraction of sp³-hybridized carbons (Fsp3) is 0.444. The first-order valence-corrected chi connectivity index (χ1v) is 4.93. The van der Waals surface area contributed by atoms with Gasteiger partial charge < -0.3 is 0 Å². The monoisotopic (exact) mass is 184 g/mol. The van der Waals surface area contributed by atoms with Crippen LogP contribution in [0.3, 0.4) is 0 Å². The average molecular weight is 184 g/mol. The van der Waals surface area contributed by atoms with E-state index in [0.29, 0.717) is 4.86 Å². The Morgan fingerprint density at radius 2 is 1.92 bits per heavy atom. The Labute approximate surface area is 74.1 Å². The topological polar surface area (TPSA) is 34.1 Å². The summed E-state index contributed by atoms with van der Waals surface area (Å²) in [4.78, 5) is 0.523. The maximum absolute atomic E-state index is 10.8. The maximum atomic E-state index is 10.8. The van der Waals surface area contributed by atoms with Crippen LogP contribution < -0.4 is 0 Å². The summed E-state index contributed by atoms with van der Waals surface area (Å²) >= 11 is 0. The van der Waals surface area contributed by atoms with E-state index in [1.165, 1.54) is 0 Å². The molecule has 0 aromatic heterocycles. The third-order valence-electron chi connectivity index (χ3n) is 2.19. The lowest BCUT2D eigenvalue weighted by atomic mass is 9.92. The van der Waals surface area contributed by atoms with E-state index in [9.17, 15) is 8.42 Å². The first kappa shape index (κ1) is 9.26. The van der Waals surface area contributed by atoms with Crippen LogP contribution in [0.1, 0.15) is 20.8 Å². The summed E-state index contributed by atoms with van der Waals surface area (Å²) in [7, 11) is -2.08. The quantitative estimate of drug-likeness (QED) is 0.536. The van der Waals surface area contributed by atoms with Gasteiger partial charge in [0.2, 0.25) is 10.3 Å². The van der Waals surface area contributed by atoms with Crippen LogP contribution in [0.15, 0.2) is 23.3 Å². The molecule has 1 aliphatic carbocycles. The molecule has 3 heteroatoms. The molecule has 0 radical (unpaired) electrons. The summed E-state index contributed by atoms with van der Waals surface area (Å²) in [5.41, 5.74) is 1.92. The molecule has 0 aromatic rings. The van der Waals surface area contributed by atoms with E-state index in [1.807, 2.05) is 32.9 Å². The van der Waals surface area contributed by atoms with E-state index in [2.05, 4.69) is 0 Å². The lowest BCUT2D eigenvalue weighted by Gasteiger charge is -2.15. The molecule has 12 heavy (non-hydrogen) atoms. The summed E-state index contributed by atoms with van der Waals surface area (Å²) < 4.78 is 21.6. The highest BCUT2D eigenvalue weighted by molar-refractivity contribution is 7.73. The van der Waals surface area contributed by atoms with Crippen LogP contribution in [0.5, 0.6) is 0 Å². The second-order valence-electron chi connectivity index (χ2n) is 3.05. The Kier molecular flexibility index (Phi) is 2.52.